The Morgan fingerprint density at radius 2 is 1.81 bits per heavy atom. The molecule has 1 fully saturated rings. The molecule has 1 saturated heterocycles. The summed E-state index contributed by atoms with van der Waals surface area (Å²) in [6, 6.07) is 12.3. The number of morpholine rings is 1. The number of hydrogen-bond donors (Lipinski definition) is 0. The van der Waals surface area contributed by atoms with Crippen molar-refractivity contribution in [3.63, 3.8) is 0 Å². The first-order valence-electron chi connectivity index (χ1n) is 10.6. The van der Waals surface area contributed by atoms with Crippen molar-refractivity contribution in [2.24, 2.45) is 0 Å². The van der Waals surface area contributed by atoms with E-state index in [0.717, 1.165) is 23.1 Å². The lowest BCUT2D eigenvalue weighted by Crippen LogP contribution is -2.42. The predicted octanol–water partition coefficient (Wildman–Crippen LogP) is 3.44. The van der Waals surface area contributed by atoms with Crippen LogP contribution in [0.25, 0.3) is 11.0 Å². The second-order valence-corrected chi connectivity index (χ2v) is 8.86. The number of hydrogen-bond acceptors (Lipinski definition) is 6. The molecular formula is C24H23BrN2O5. The van der Waals surface area contributed by atoms with Gasteiger partial charge in [0.15, 0.2) is 5.43 Å². The summed E-state index contributed by atoms with van der Waals surface area (Å²) in [6.45, 7) is 4.24. The quantitative estimate of drug-likeness (QED) is 0.536. The summed E-state index contributed by atoms with van der Waals surface area (Å²) in [5.41, 5.74) is 1.45. The van der Waals surface area contributed by atoms with Gasteiger partial charge in [0, 0.05) is 36.7 Å². The van der Waals surface area contributed by atoms with Crippen molar-refractivity contribution in [2.75, 3.05) is 46.5 Å². The second-order valence-electron chi connectivity index (χ2n) is 7.94. The number of halogens is 1. The van der Waals surface area contributed by atoms with Gasteiger partial charge in [-0.3, -0.25) is 14.5 Å². The van der Waals surface area contributed by atoms with E-state index in [-0.39, 0.29) is 17.1 Å². The number of carbonyl (C=O) groups excluding carboxylic acids is 1. The van der Waals surface area contributed by atoms with Gasteiger partial charge in [-0.15, -0.1) is 0 Å². The summed E-state index contributed by atoms with van der Waals surface area (Å²) < 4.78 is 17.6. The van der Waals surface area contributed by atoms with Crippen molar-refractivity contribution in [1.29, 1.82) is 0 Å². The number of carbonyl (C=O) groups is 1. The first-order valence-corrected chi connectivity index (χ1v) is 11.4. The van der Waals surface area contributed by atoms with Crippen LogP contribution in [-0.4, -0.2) is 62.2 Å². The van der Waals surface area contributed by atoms with Crippen LogP contribution >= 0.6 is 15.9 Å². The number of benzene rings is 2. The van der Waals surface area contributed by atoms with Gasteiger partial charge >= 0.3 is 0 Å². The molecule has 3 aromatic rings. The molecule has 7 nitrogen and oxygen atoms in total. The van der Waals surface area contributed by atoms with Crippen LogP contribution in [0.2, 0.25) is 0 Å². The van der Waals surface area contributed by atoms with E-state index in [1.165, 1.54) is 0 Å². The number of ether oxygens (including phenoxy) is 2. The number of methoxy groups -OCH3 is 1. The van der Waals surface area contributed by atoms with Gasteiger partial charge in [0.05, 0.1) is 37.3 Å². The fourth-order valence-electron chi connectivity index (χ4n) is 4.42. The van der Waals surface area contributed by atoms with Crippen molar-refractivity contribution in [1.82, 2.24) is 9.80 Å². The van der Waals surface area contributed by atoms with E-state index in [1.54, 1.807) is 30.2 Å². The number of rotatable bonds is 5. The maximum absolute atomic E-state index is 13.6. The van der Waals surface area contributed by atoms with Gasteiger partial charge in [0.1, 0.15) is 11.3 Å². The molecule has 0 bridgehead atoms. The molecule has 1 atom stereocenters. The van der Waals surface area contributed by atoms with Crippen LogP contribution in [0.4, 0.5) is 0 Å². The molecule has 0 spiro atoms. The van der Waals surface area contributed by atoms with Gasteiger partial charge in [-0.2, -0.15) is 0 Å². The van der Waals surface area contributed by atoms with Crippen LogP contribution in [0.15, 0.2) is 56.1 Å². The first kappa shape index (κ1) is 21.2. The van der Waals surface area contributed by atoms with Gasteiger partial charge < -0.3 is 18.8 Å². The van der Waals surface area contributed by atoms with Gasteiger partial charge in [0.25, 0.3) is 5.91 Å². The first-order chi connectivity index (χ1) is 15.6. The highest BCUT2D eigenvalue weighted by atomic mass is 79.9. The second kappa shape index (κ2) is 8.69. The van der Waals surface area contributed by atoms with E-state index < -0.39 is 6.04 Å². The average Bonchev–Trinajstić information content (AvgIpc) is 3.10. The van der Waals surface area contributed by atoms with E-state index >= 15 is 0 Å². The molecule has 0 N–H and O–H groups in total. The molecule has 0 radical (unpaired) electrons. The maximum Gasteiger partial charge on any atom is 0.290 e. The number of fused-ring (bicyclic) bond motifs is 2. The molecule has 1 aromatic heterocycles. The molecule has 2 aromatic carbocycles. The Morgan fingerprint density at radius 1 is 1.06 bits per heavy atom. The summed E-state index contributed by atoms with van der Waals surface area (Å²) in [4.78, 5) is 31.1. The Kier molecular flexibility index (Phi) is 5.75. The Labute approximate surface area is 193 Å². The average molecular weight is 499 g/mol. The number of nitrogens with zero attached hydrogens (tertiary/aromatic N) is 2. The highest BCUT2D eigenvalue weighted by Crippen LogP contribution is 2.38. The summed E-state index contributed by atoms with van der Waals surface area (Å²) in [7, 11) is 1.55. The van der Waals surface area contributed by atoms with Crippen LogP contribution in [0.3, 0.4) is 0 Å². The highest BCUT2D eigenvalue weighted by Gasteiger charge is 2.42. The fraction of sp³-hybridized carbons (Fsp3) is 0.333. The largest absolute Gasteiger partial charge is 0.497 e. The lowest BCUT2D eigenvalue weighted by atomic mass is 9.98. The summed E-state index contributed by atoms with van der Waals surface area (Å²) in [5.74, 6) is 0.424. The molecule has 0 unspecified atom stereocenters. The molecule has 2 aliphatic rings. The highest BCUT2D eigenvalue weighted by molar-refractivity contribution is 9.10. The molecular weight excluding hydrogens is 476 g/mol. The van der Waals surface area contributed by atoms with Crippen molar-refractivity contribution in [3.05, 3.63) is 74.0 Å². The molecule has 32 heavy (non-hydrogen) atoms. The normalized spacial score (nSPS) is 18.9. The Bertz CT molecular complexity index is 1220. The van der Waals surface area contributed by atoms with Crippen LogP contribution in [0.1, 0.15) is 27.7 Å². The standard InChI is InChI=1S/C24H23BrN2O5/c1-30-17-6-7-18-19(14-17)32-23-20(22(18)28)21(15-2-4-16(25)5-3-15)27(24(23)29)9-8-26-10-12-31-13-11-26/h2-7,14,21H,8-13H2,1H3/t21-/m1/s1. The molecule has 2 aliphatic heterocycles. The summed E-state index contributed by atoms with van der Waals surface area (Å²) in [5, 5.41) is 0.439. The van der Waals surface area contributed by atoms with Gasteiger partial charge in [0.2, 0.25) is 5.76 Å². The Morgan fingerprint density at radius 3 is 2.53 bits per heavy atom. The molecule has 166 valence electrons. The zero-order valence-corrected chi connectivity index (χ0v) is 19.3. The van der Waals surface area contributed by atoms with E-state index in [2.05, 4.69) is 20.8 Å². The van der Waals surface area contributed by atoms with Crippen LogP contribution < -0.4 is 10.2 Å². The lowest BCUT2D eigenvalue weighted by Gasteiger charge is -2.31. The smallest absolute Gasteiger partial charge is 0.290 e. The van der Waals surface area contributed by atoms with Gasteiger partial charge in [-0.1, -0.05) is 28.1 Å². The molecule has 0 aliphatic carbocycles. The Hall–Kier alpha value is -2.68. The third-order valence-electron chi connectivity index (χ3n) is 6.12. The molecule has 1 amide bonds. The molecule has 3 heterocycles. The summed E-state index contributed by atoms with van der Waals surface area (Å²) >= 11 is 3.46. The van der Waals surface area contributed by atoms with Crippen molar-refractivity contribution < 1.29 is 18.7 Å². The van der Waals surface area contributed by atoms with E-state index in [1.807, 2.05) is 24.3 Å². The Balaban J connectivity index is 1.60. The van der Waals surface area contributed by atoms with E-state index in [4.69, 9.17) is 13.9 Å². The fourth-order valence-corrected chi connectivity index (χ4v) is 4.69. The third-order valence-corrected chi connectivity index (χ3v) is 6.65. The van der Waals surface area contributed by atoms with Gasteiger partial charge in [-0.05, 0) is 29.8 Å². The van der Waals surface area contributed by atoms with E-state index in [0.29, 0.717) is 48.6 Å². The monoisotopic (exact) mass is 498 g/mol. The predicted molar refractivity (Wildman–Crippen MR) is 123 cm³/mol. The van der Waals surface area contributed by atoms with Crippen molar-refractivity contribution in [2.45, 2.75) is 6.04 Å². The lowest BCUT2D eigenvalue weighted by molar-refractivity contribution is 0.0314. The van der Waals surface area contributed by atoms with Crippen LogP contribution in [0.5, 0.6) is 5.75 Å². The summed E-state index contributed by atoms with van der Waals surface area (Å²) in [6.07, 6.45) is 0. The minimum Gasteiger partial charge on any atom is -0.497 e. The zero-order valence-electron chi connectivity index (χ0n) is 17.7. The third kappa shape index (κ3) is 3.72. The maximum atomic E-state index is 13.6. The van der Waals surface area contributed by atoms with E-state index in [9.17, 15) is 9.59 Å². The molecule has 5 rings (SSSR count). The van der Waals surface area contributed by atoms with Gasteiger partial charge in [-0.25, -0.2) is 0 Å². The van der Waals surface area contributed by atoms with Crippen molar-refractivity contribution in [3.8, 4) is 5.75 Å². The molecule has 8 heteroatoms. The zero-order chi connectivity index (χ0) is 22.2. The minimum absolute atomic E-state index is 0.116. The molecule has 0 saturated carbocycles. The van der Waals surface area contributed by atoms with Crippen LogP contribution in [0, 0.1) is 0 Å². The topological polar surface area (TPSA) is 72.2 Å². The SMILES string of the molecule is COc1ccc2c(=O)c3c(oc2c1)C(=O)N(CCN1CCOCC1)[C@@H]3c1ccc(Br)cc1. The van der Waals surface area contributed by atoms with Crippen molar-refractivity contribution >= 4 is 32.8 Å². The number of amides is 1. The minimum atomic E-state index is -0.491. The van der Waals surface area contributed by atoms with Crippen LogP contribution in [-0.2, 0) is 4.74 Å².